The molecule has 0 saturated carbocycles. The lowest BCUT2D eigenvalue weighted by Crippen LogP contribution is -2.30. The highest BCUT2D eigenvalue weighted by atomic mass is 79.9. The van der Waals surface area contributed by atoms with E-state index in [0.717, 1.165) is 30.5 Å². The Hall–Kier alpha value is -0.870. The molecule has 1 aliphatic heterocycles. The van der Waals surface area contributed by atoms with Gasteiger partial charge < -0.3 is 10.1 Å². The number of hydrogen-bond donors (Lipinski definition) is 1. The van der Waals surface area contributed by atoms with Crippen molar-refractivity contribution in [3.8, 4) is 0 Å². The van der Waals surface area contributed by atoms with Crippen LogP contribution in [0, 0.1) is 5.92 Å². The van der Waals surface area contributed by atoms with Crippen LogP contribution in [0.2, 0.25) is 0 Å². The first-order chi connectivity index (χ1) is 8.29. The Morgan fingerprint density at radius 1 is 1.41 bits per heavy atom. The number of anilines is 1. The van der Waals surface area contributed by atoms with Crippen LogP contribution in [-0.4, -0.2) is 19.1 Å². The summed E-state index contributed by atoms with van der Waals surface area (Å²) in [6.45, 7) is 1.33. The maximum Gasteiger partial charge on any atom is 0.229 e. The number of ether oxygens (including phenoxy) is 1. The van der Waals surface area contributed by atoms with Crippen LogP contribution in [0.4, 0.5) is 5.69 Å². The Morgan fingerprint density at radius 2 is 2.18 bits per heavy atom. The van der Waals surface area contributed by atoms with Gasteiger partial charge >= 0.3 is 0 Å². The average Bonchev–Trinajstić information content (AvgIpc) is 2.40. The van der Waals surface area contributed by atoms with Gasteiger partial charge in [0.1, 0.15) is 0 Å². The smallest absolute Gasteiger partial charge is 0.229 e. The molecule has 92 valence electrons. The molecule has 1 unspecified atom stereocenters. The average molecular weight is 298 g/mol. The number of carbonyl (C=O) groups is 1. The molecule has 0 radical (unpaired) electrons. The minimum atomic E-state index is -0.000369. The van der Waals surface area contributed by atoms with Crippen molar-refractivity contribution in [2.75, 3.05) is 18.5 Å². The first-order valence-corrected chi connectivity index (χ1v) is 6.95. The fourth-order valence-corrected chi connectivity index (χ4v) is 2.24. The monoisotopic (exact) mass is 297 g/mol. The quantitative estimate of drug-likeness (QED) is 0.871. The summed E-state index contributed by atoms with van der Waals surface area (Å²) >= 11 is 3.39. The first-order valence-electron chi connectivity index (χ1n) is 5.83. The van der Waals surface area contributed by atoms with Gasteiger partial charge in [0.2, 0.25) is 5.91 Å². The van der Waals surface area contributed by atoms with Gasteiger partial charge in [0.15, 0.2) is 0 Å². The van der Waals surface area contributed by atoms with Crippen molar-refractivity contribution in [2.45, 2.75) is 18.2 Å². The SMILES string of the molecule is O=C(Nc1ccc(CBr)cc1)C1CCCOC1. The number of halogens is 1. The number of carbonyl (C=O) groups excluding carboxylic acids is 1. The second-order valence-corrected chi connectivity index (χ2v) is 4.79. The Morgan fingerprint density at radius 3 is 2.76 bits per heavy atom. The van der Waals surface area contributed by atoms with E-state index in [1.54, 1.807) is 0 Å². The predicted molar refractivity (Wildman–Crippen MR) is 71.2 cm³/mol. The summed E-state index contributed by atoms with van der Waals surface area (Å²) in [6, 6.07) is 7.86. The summed E-state index contributed by atoms with van der Waals surface area (Å²) in [5.74, 6) is 0.0656. The van der Waals surface area contributed by atoms with E-state index in [2.05, 4.69) is 21.2 Å². The van der Waals surface area contributed by atoms with Crippen LogP contribution in [0.25, 0.3) is 0 Å². The molecule has 0 aromatic heterocycles. The van der Waals surface area contributed by atoms with Crippen molar-refractivity contribution < 1.29 is 9.53 Å². The van der Waals surface area contributed by atoms with Gasteiger partial charge in [-0.05, 0) is 30.5 Å². The number of hydrogen-bond acceptors (Lipinski definition) is 2. The van der Waals surface area contributed by atoms with Crippen LogP contribution >= 0.6 is 15.9 Å². The van der Waals surface area contributed by atoms with Crippen LogP contribution in [0.5, 0.6) is 0 Å². The summed E-state index contributed by atoms with van der Waals surface area (Å²) in [5, 5.41) is 3.76. The molecule has 1 saturated heterocycles. The second kappa shape index (κ2) is 6.17. The van der Waals surface area contributed by atoms with Crippen LogP contribution < -0.4 is 5.32 Å². The molecule has 1 atom stereocenters. The molecule has 1 N–H and O–H groups in total. The van der Waals surface area contributed by atoms with Crippen LogP contribution in [0.3, 0.4) is 0 Å². The van der Waals surface area contributed by atoms with Gasteiger partial charge in [0, 0.05) is 17.6 Å². The van der Waals surface area contributed by atoms with E-state index in [0.29, 0.717) is 6.61 Å². The molecule has 1 amide bonds. The van der Waals surface area contributed by atoms with Crippen LogP contribution in [0.15, 0.2) is 24.3 Å². The molecule has 0 spiro atoms. The Balaban J connectivity index is 1.92. The fraction of sp³-hybridized carbons (Fsp3) is 0.462. The van der Waals surface area contributed by atoms with E-state index in [9.17, 15) is 4.79 Å². The number of benzene rings is 1. The third-order valence-corrected chi connectivity index (χ3v) is 3.55. The van der Waals surface area contributed by atoms with Crippen molar-refractivity contribution in [3.05, 3.63) is 29.8 Å². The number of nitrogens with one attached hydrogen (secondary N) is 1. The molecule has 3 nitrogen and oxygen atoms in total. The summed E-state index contributed by atoms with van der Waals surface area (Å²) in [6.07, 6.45) is 1.89. The zero-order valence-electron chi connectivity index (χ0n) is 9.62. The van der Waals surface area contributed by atoms with Gasteiger partial charge in [0.25, 0.3) is 0 Å². The maximum absolute atomic E-state index is 11.9. The molecule has 1 aliphatic rings. The molecule has 0 bridgehead atoms. The van der Waals surface area contributed by atoms with Crippen molar-refractivity contribution in [2.24, 2.45) is 5.92 Å². The number of amides is 1. The second-order valence-electron chi connectivity index (χ2n) is 4.23. The van der Waals surface area contributed by atoms with Gasteiger partial charge in [-0.3, -0.25) is 4.79 Å². The largest absolute Gasteiger partial charge is 0.381 e. The minimum absolute atomic E-state index is 0.000369. The number of alkyl halides is 1. The van der Waals surface area contributed by atoms with Crippen LogP contribution in [-0.2, 0) is 14.9 Å². The van der Waals surface area contributed by atoms with Crippen molar-refractivity contribution in [1.82, 2.24) is 0 Å². The third kappa shape index (κ3) is 3.54. The Labute approximate surface area is 110 Å². The predicted octanol–water partition coefficient (Wildman–Crippen LogP) is 2.95. The summed E-state index contributed by atoms with van der Waals surface area (Å²) in [4.78, 5) is 11.9. The maximum atomic E-state index is 11.9. The van der Waals surface area contributed by atoms with E-state index < -0.39 is 0 Å². The van der Waals surface area contributed by atoms with Gasteiger partial charge in [-0.2, -0.15) is 0 Å². The van der Waals surface area contributed by atoms with Gasteiger partial charge in [-0.25, -0.2) is 0 Å². The molecule has 17 heavy (non-hydrogen) atoms. The highest BCUT2D eigenvalue weighted by Crippen LogP contribution is 2.17. The summed E-state index contributed by atoms with van der Waals surface area (Å²) < 4.78 is 5.31. The molecule has 1 heterocycles. The van der Waals surface area contributed by atoms with Gasteiger partial charge in [-0.1, -0.05) is 28.1 Å². The topological polar surface area (TPSA) is 38.3 Å². The van der Waals surface area contributed by atoms with Gasteiger partial charge in [-0.15, -0.1) is 0 Å². The van der Waals surface area contributed by atoms with Crippen LogP contribution in [0.1, 0.15) is 18.4 Å². The lowest BCUT2D eigenvalue weighted by atomic mass is 10.0. The number of rotatable bonds is 3. The lowest BCUT2D eigenvalue weighted by molar-refractivity contribution is -0.123. The van der Waals surface area contributed by atoms with E-state index in [4.69, 9.17) is 4.74 Å². The summed E-state index contributed by atoms with van der Waals surface area (Å²) in [7, 11) is 0. The molecular formula is C13H16BrNO2. The minimum Gasteiger partial charge on any atom is -0.381 e. The van der Waals surface area contributed by atoms with Crippen molar-refractivity contribution in [3.63, 3.8) is 0 Å². The molecular weight excluding hydrogens is 282 g/mol. The standard InChI is InChI=1S/C13H16BrNO2/c14-8-10-3-5-12(6-4-10)15-13(16)11-2-1-7-17-9-11/h3-6,11H,1-2,7-9H2,(H,15,16). The van der Waals surface area contributed by atoms with E-state index in [1.165, 1.54) is 5.56 Å². The zero-order chi connectivity index (χ0) is 12.1. The Bertz CT molecular complexity index is 372. The lowest BCUT2D eigenvalue weighted by Gasteiger charge is -2.21. The summed E-state index contributed by atoms with van der Waals surface area (Å²) in [5.41, 5.74) is 2.05. The van der Waals surface area contributed by atoms with Crippen molar-refractivity contribution in [1.29, 1.82) is 0 Å². The highest BCUT2D eigenvalue weighted by molar-refractivity contribution is 9.08. The first kappa shape index (κ1) is 12.6. The van der Waals surface area contributed by atoms with Crippen molar-refractivity contribution >= 4 is 27.5 Å². The highest BCUT2D eigenvalue weighted by Gasteiger charge is 2.21. The van der Waals surface area contributed by atoms with E-state index in [1.807, 2.05) is 24.3 Å². The molecule has 1 aromatic rings. The molecule has 0 aliphatic carbocycles. The molecule has 2 rings (SSSR count). The zero-order valence-corrected chi connectivity index (χ0v) is 11.2. The molecule has 4 heteroatoms. The fourth-order valence-electron chi connectivity index (χ4n) is 1.87. The molecule has 1 fully saturated rings. The Kier molecular flexibility index (Phi) is 4.57. The van der Waals surface area contributed by atoms with E-state index >= 15 is 0 Å². The van der Waals surface area contributed by atoms with Gasteiger partial charge in [0.05, 0.1) is 12.5 Å². The third-order valence-electron chi connectivity index (χ3n) is 2.91. The normalized spacial score (nSPS) is 19.9. The molecule has 1 aromatic carbocycles. The van der Waals surface area contributed by atoms with E-state index in [-0.39, 0.29) is 11.8 Å².